The van der Waals surface area contributed by atoms with Crippen molar-refractivity contribution in [3.63, 3.8) is 0 Å². The van der Waals surface area contributed by atoms with E-state index in [0.29, 0.717) is 6.61 Å². The molecule has 6 heteroatoms. The van der Waals surface area contributed by atoms with Gasteiger partial charge in [0.1, 0.15) is 11.3 Å². The second-order valence-corrected chi connectivity index (χ2v) is 3.89. The number of benzene rings is 1. The van der Waals surface area contributed by atoms with Gasteiger partial charge in [-0.1, -0.05) is 19.4 Å². The summed E-state index contributed by atoms with van der Waals surface area (Å²) in [5, 5.41) is 9.01. The summed E-state index contributed by atoms with van der Waals surface area (Å²) in [5.41, 5.74) is 5.49. The third-order valence-electron chi connectivity index (χ3n) is 2.38. The Kier molecular flexibility index (Phi) is 5.66. The Morgan fingerprint density at radius 2 is 2.11 bits per heavy atom. The van der Waals surface area contributed by atoms with Gasteiger partial charge in [0.2, 0.25) is 0 Å². The van der Waals surface area contributed by atoms with Crippen LogP contribution in [-0.4, -0.2) is 30.3 Å². The average Bonchev–Trinajstić information content (AvgIpc) is 2.36. The monoisotopic (exact) mass is 267 g/mol. The largest absolute Gasteiger partial charge is 0.481 e. The highest BCUT2D eigenvalue weighted by Gasteiger charge is 2.16. The van der Waals surface area contributed by atoms with Crippen LogP contribution in [0.25, 0.3) is 0 Å². The molecule has 0 fully saturated rings. The summed E-state index contributed by atoms with van der Waals surface area (Å²) in [5.74, 6) is -1.68. The second-order valence-electron chi connectivity index (χ2n) is 3.89. The first-order valence-corrected chi connectivity index (χ1v) is 5.96. The molecule has 0 saturated carbocycles. The summed E-state index contributed by atoms with van der Waals surface area (Å²) in [6, 6.07) is 4.45. The lowest BCUT2D eigenvalue weighted by molar-refractivity contribution is -0.146. The van der Waals surface area contributed by atoms with Crippen molar-refractivity contribution < 1.29 is 24.2 Å². The topological polar surface area (TPSA) is 98.9 Å². The zero-order valence-electron chi connectivity index (χ0n) is 10.7. The molecule has 1 rings (SSSR count). The molecule has 0 bridgehead atoms. The summed E-state index contributed by atoms with van der Waals surface area (Å²) in [4.78, 5) is 22.4. The van der Waals surface area contributed by atoms with Crippen molar-refractivity contribution >= 4 is 17.6 Å². The molecule has 0 saturated heterocycles. The van der Waals surface area contributed by atoms with E-state index in [2.05, 4.69) is 0 Å². The standard InChI is InChI=1S/C13H17NO5/c1-2-3-7-18-11(15)8-19-10-6-4-5-9(14)12(10)13(16)17/h4-6H,2-3,7-8,14H2,1H3,(H,16,17). The minimum Gasteiger partial charge on any atom is -0.481 e. The van der Waals surface area contributed by atoms with E-state index in [1.807, 2.05) is 6.92 Å². The number of ether oxygens (including phenoxy) is 2. The highest BCUT2D eigenvalue weighted by atomic mass is 16.6. The minimum absolute atomic E-state index is 0.0555. The molecule has 1 aromatic carbocycles. The minimum atomic E-state index is -1.20. The van der Waals surface area contributed by atoms with Crippen molar-refractivity contribution in [2.75, 3.05) is 18.9 Å². The number of hydrogen-bond acceptors (Lipinski definition) is 5. The maximum absolute atomic E-state index is 11.3. The third-order valence-corrected chi connectivity index (χ3v) is 2.38. The zero-order valence-corrected chi connectivity index (χ0v) is 10.7. The Morgan fingerprint density at radius 3 is 2.74 bits per heavy atom. The number of rotatable bonds is 7. The molecule has 0 heterocycles. The van der Waals surface area contributed by atoms with Gasteiger partial charge in [0.15, 0.2) is 6.61 Å². The fraction of sp³-hybridized carbons (Fsp3) is 0.385. The zero-order chi connectivity index (χ0) is 14.3. The van der Waals surface area contributed by atoms with Crippen molar-refractivity contribution in [3.05, 3.63) is 23.8 Å². The van der Waals surface area contributed by atoms with E-state index < -0.39 is 11.9 Å². The second kappa shape index (κ2) is 7.25. The molecule has 0 aliphatic carbocycles. The number of carboxylic acid groups (broad SMARTS) is 1. The Morgan fingerprint density at radius 1 is 1.37 bits per heavy atom. The van der Waals surface area contributed by atoms with Gasteiger partial charge < -0.3 is 20.3 Å². The van der Waals surface area contributed by atoms with Gasteiger partial charge in [0.25, 0.3) is 0 Å². The van der Waals surface area contributed by atoms with Crippen molar-refractivity contribution in [1.29, 1.82) is 0 Å². The van der Waals surface area contributed by atoms with Crippen LogP contribution >= 0.6 is 0 Å². The molecule has 0 aliphatic rings. The molecular weight excluding hydrogens is 250 g/mol. The Balaban J connectivity index is 2.60. The number of carboxylic acids is 1. The van der Waals surface area contributed by atoms with Crippen LogP contribution in [0.1, 0.15) is 30.1 Å². The SMILES string of the molecule is CCCCOC(=O)COc1cccc(N)c1C(=O)O. The van der Waals surface area contributed by atoms with Gasteiger partial charge in [-0.2, -0.15) is 0 Å². The van der Waals surface area contributed by atoms with Crippen LogP contribution in [0.3, 0.4) is 0 Å². The molecule has 3 N–H and O–H groups in total. The molecule has 0 aliphatic heterocycles. The summed E-state index contributed by atoms with van der Waals surface area (Å²) in [6.45, 7) is 1.98. The van der Waals surface area contributed by atoms with Crippen LogP contribution in [-0.2, 0) is 9.53 Å². The molecular formula is C13H17NO5. The molecule has 0 unspecified atom stereocenters. The maximum Gasteiger partial charge on any atom is 0.344 e. The van der Waals surface area contributed by atoms with Crippen LogP contribution in [0, 0.1) is 0 Å². The number of carbonyl (C=O) groups excluding carboxylic acids is 1. The predicted molar refractivity (Wildman–Crippen MR) is 69.2 cm³/mol. The number of unbranched alkanes of at least 4 members (excludes halogenated alkanes) is 1. The molecule has 0 atom stereocenters. The van der Waals surface area contributed by atoms with Gasteiger partial charge in [0, 0.05) is 5.69 Å². The molecule has 0 aromatic heterocycles. The van der Waals surface area contributed by atoms with Crippen molar-refractivity contribution in [2.45, 2.75) is 19.8 Å². The lowest BCUT2D eigenvalue weighted by Gasteiger charge is -2.10. The smallest absolute Gasteiger partial charge is 0.344 e. The Hall–Kier alpha value is -2.24. The molecule has 104 valence electrons. The number of hydrogen-bond donors (Lipinski definition) is 2. The summed E-state index contributed by atoms with van der Waals surface area (Å²) < 4.78 is 10.0. The van der Waals surface area contributed by atoms with E-state index in [4.69, 9.17) is 20.3 Å². The third kappa shape index (κ3) is 4.50. The first kappa shape index (κ1) is 14.8. The van der Waals surface area contributed by atoms with E-state index in [0.717, 1.165) is 12.8 Å². The quantitative estimate of drug-likeness (QED) is 0.443. The number of carbonyl (C=O) groups is 2. The van der Waals surface area contributed by atoms with Gasteiger partial charge in [0.05, 0.1) is 6.61 Å². The number of aromatic carboxylic acids is 1. The fourth-order valence-electron chi connectivity index (χ4n) is 1.41. The van der Waals surface area contributed by atoms with E-state index in [9.17, 15) is 9.59 Å². The van der Waals surface area contributed by atoms with Gasteiger partial charge in [-0.3, -0.25) is 0 Å². The highest BCUT2D eigenvalue weighted by molar-refractivity contribution is 5.96. The normalized spacial score (nSPS) is 9.95. The van der Waals surface area contributed by atoms with Crippen LogP contribution in [0.5, 0.6) is 5.75 Å². The number of anilines is 1. The molecule has 6 nitrogen and oxygen atoms in total. The van der Waals surface area contributed by atoms with Crippen molar-refractivity contribution in [3.8, 4) is 5.75 Å². The Bertz CT molecular complexity index is 458. The van der Waals surface area contributed by atoms with E-state index in [-0.39, 0.29) is 23.6 Å². The number of nitrogens with two attached hydrogens (primary N) is 1. The van der Waals surface area contributed by atoms with Crippen LogP contribution in [0.2, 0.25) is 0 Å². The summed E-state index contributed by atoms with van der Waals surface area (Å²) >= 11 is 0. The highest BCUT2D eigenvalue weighted by Crippen LogP contribution is 2.24. The van der Waals surface area contributed by atoms with E-state index in [1.165, 1.54) is 12.1 Å². The number of esters is 1. The summed E-state index contributed by atoms with van der Waals surface area (Å²) in [7, 11) is 0. The van der Waals surface area contributed by atoms with Crippen LogP contribution in [0.4, 0.5) is 5.69 Å². The molecule has 0 radical (unpaired) electrons. The van der Waals surface area contributed by atoms with Crippen molar-refractivity contribution in [2.24, 2.45) is 0 Å². The van der Waals surface area contributed by atoms with Gasteiger partial charge >= 0.3 is 11.9 Å². The molecule has 0 amide bonds. The Labute approximate surface area is 111 Å². The van der Waals surface area contributed by atoms with Crippen LogP contribution < -0.4 is 10.5 Å². The van der Waals surface area contributed by atoms with E-state index in [1.54, 1.807) is 6.07 Å². The van der Waals surface area contributed by atoms with Gasteiger partial charge in [-0.05, 0) is 18.6 Å². The van der Waals surface area contributed by atoms with Gasteiger partial charge in [-0.15, -0.1) is 0 Å². The molecule has 1 aromatic rings. The number of nitrogen functional groups attached to an aromatic ring is 1. The van der Waals surface area contributed by atoms with E-state index >= 15 is 0 Å². The van der Waals surface area contributed by atoms with Crippen molar-refractivity contribution in [1.82, 2.24) is 0 Å². The lowest BCUT2D eigenvalue weighted by atomic mass is 10.1. The molecule has 19 heavy (non-hydrogen) atoms. The molecule has 0 spiro atoms. The first-order chi connectivity index (χ1) is 9.06. The fourth-order valence-corrected chi connectivity index (χ4v) is 1.41. The first-order valence-electron chi connectivity index (χ1n) is 5.96. The maximum atomic E-state index is 11.3. The van der Waals surface area contributed by atoms with Crippen LogP contribution in [0.15, 0.2) is 18.2 Å². The predicted octanol–water partition coefficient (Wildman–Crippen LogP) is 1.69. The average molecular weight is 267 g/mol. The summed E-state index contributed by atoms with van der Waals surface area (Å²) in [6.07, 6.45) is 1.71. The lowest BCUT2D eigenvalue weighted by Crippen LogP contribution is -2.17. The van der Waals surface area contributed by atoms with Gasteiger partial charge in [-0.25, -0.2) is 9.59 Å².